The summed E-state index contributed by atoms with van der Waals surface area (Å²) in [4.78, 5) is 32.7. The number of halogens is 7. The summed E-state index contributed by atoms with van der Waals surface area (Å²) in [6.07, 6.45) is -9.23. The van der Waals surface area contributed by atoms with Crippen molar-refractivity contribution in [3.05, 3.63) is 58.9 Å². The van der Waals surface area contributed by atoms with E-state index in [4.69, 9.17) is 26.2 Å². The maximum atomic E-state index is 13.5. The number of carbonyl (C=O) groups excluding carboxylic acids is 1. The van der Waals surface area contributed by atoms with Crippen LogP contribution < -0.4 is 15.0 Å². The minimum absolute atomic E-state index is 0.0526. The first-order valence-corrected chi connectivity index (χ1v) is 13.9. The number of β-amino-alcohol motifs (C(OH)–C–C–N with tert-alkyl or cyclic N) is 1. The van der Waals surface area contributed by atoms with Gasteiger partial charge in [-0.05, 0) is 55.3 Å². The summed E-state index contributed by atoms with van der Waals surface area (Å²) in [7, 11) is 1.47. The number of ether oxygens (including phenoxy) is 1. The fraction of sp³-hybridized carbons (Fsp3) is 0.429. The molecule has 10 nitrogen and oxygen atoms in total. The molecule has 2 saturated heterocycles. The summed E-state index contributed by atoms with van der Waals surface area (Å²) < 4.78 is 77.6. The Labute approximate surface area is 257 Å². The van der Waals surface area contributed by atoms with Crippen LogP contribution in [0, 0.1) is 0 Å². The SMILES string of the molecule is COc1ccc2nc(C(F)(F)F)nc(N3C[C@@H](O)[C@H](NC4CCN(C(=O)c5ccc(Cl)cc5)CC4)C3)c2c1.O=C(O)C(F)(F)F. The predicted octanol–water partition coefficient (Wildman–Crippen LogP) is 4.39. The van der Waals surface area contributed by atoms with E-state index < -0.39 is 30.3 Å². The summed E-state index contributed by atoms with van der Waals surface area (Å²) in [5.41, 5.74) is 0.723. The van der Waals surface area contributed by atoms with E-state index in [0.29, 0.717) is 47.7 Å². The Kier molecular flexibility index (Phi) is 10.3. The third-order valence-electron chi connectivity index (χ3n) is 7.29. The van der Waals surface area contributed by atoms with Gasteiger partial charge in [0.15, 0.2) is 0 Å². The van der Waals surface area contributed by atoms with Crippen LogP contribution in [0.2, 0.25) is 5.02 Å². The third-order valence-corrected chi connectivity index (χ3v) is 7.54. The lowest BCUT2D eigenvalue weighted by atomic mass is 10.0. The van der Waals surface area contributed by atoms with Gasteiger partial charge in [0, 0.05) is 48.2 Å². The van der Waals surface area contributed by atoms with Crippen LogP contribution in [0.4, 0.5) is 32.2 Å². The number of aliphatic carboxylic acids is 1. The number of aromatic nitrogens is 2. The number of anilines is 1. The highest BCUT2D eigenvalue weighted by Gasteiger charge is 2.40. The summed E-state index contributed by atoms with van der Waals surface area (Å²) in [6, 6.07) is 11.1. The Balaban J connectivity index is 0.000000591. The molecule has 2 aromatic carbocycles. The number of likely N-dealkylation sites (tertiary alicyclic amines) is 1. The third kappa shape index (κ3) is 8.43. The highest BCUT2D eigenvalue weighted by Crippen LogP contribution is 2.35. The van der Waals surface area contributed by atoms with Crippen molar-refractivity contribution < 1.29 is 50.9 Å². The molecule has 17 heteroatoms. The second-order valence-electron chi connectivity index (χ2n) is 10.4. The molecule has 2 fully saturated rings. The first-order valence-electron chi connectivity index (χ1n) is 13.5. The number of methoxy groups -OCH3 is 1. The average molecular weight is 664 g/mol. The number of alkyl halides is 6. The van der Waals surface area contributed by atoms with E-state index in [2.05, 4.69) is 15.3 Å². The van der Waals surface area contributed by atoms with Gasteiger partial charge in [-0.2, -0.15) is 26.3 Å². The van der Waals surface area contributed by atoms with Crippen molar-refractivity contribution in [2.45, 2.75) is 43.4 Å². The van der Waals surface area contributed by atoms with Crippen LogP contribution in [-0.4, -0.2) is 94.6 Å². The Morgan fingerprint density at radius 3 is 2.18 bits per heavy atom. The molecule has 0 radical (unpaired) electrons. The number of aliphatic hydroxyl groups excluding tert-OH is 1. The van der Waals surface area contributed by atoms with Gasteiger partial charge >= 0.3 is 18.3 Å². The molecule has 1 amide bonds. The Morgan fingerprint density at radius 1 is 1.00 bits per heavy atom. The van der Waals surface area contributed by atoms with Crippen molar-refractivity contribution in [3.8, 4) is 5.75 Å². The number of carboxylic acids is 1. The van der Waals surface area contributed by atoms with Crippen LogP contribution in [0.25, 0.3) is 10.9 Å². The molecule has 3 heterocycles. The molecule has 3 N–H and O–H groups in total. The van der Waals surface area contributed by atoms with Crippen molar-refractivity contribution in [1.29, 1.82) is 0 Å². The number of benzene rings is 2. The van der Waals surface area contributed by atoms with Gasteiger partial charge in [-0.25, -0.2) is 14.8 Å². The molecule has 2 atom stereocenters. The molecule has 0 spiro atoms. The van der Waals surface area contributed by atoms with Gasteiger partial charge < -0.3 is 30.1 Å². The van der Waals surface area contributed by atoms with E-state index in [0.717, 1.165) is 0 Å². The van der Waals surface area contributed by atoms with E-state index in [9.17, 15) is 36.2 Å². The van der Waals surface area contributed by atoms with Crippen LogP contribution in [0.1, 0.15) is 29.0 Å². The highest BCUT2D eigenvalue weighted by molar-refractivity contribution is 6.30. The quantitative estimate of drug-likeness (QED) is 0.341. The van der Waals surface area contributed by atoms with Crippen LogP contribution in [0.3, 0.4) is 0 Å². The molecule has 244 valence electrons. The molecule has 5 rings (SSSR count). The smallest absolute Gasteiger partial charge is 0.490 e. The summed E-state index contributed by atoms with van der Waals surface area (Å²) in [5.74, 6) is -3.47. The van der Waals surface area contributed by atoms with E-state index >= 15 is 0 Å². The second-order valence-corrected chi connectivity index (χ2v) is 10.8. The van der Waals surface area contributed by atoms with E-state index in [-0.39, 0.29) is 42.4 Å². The summed E-state index contributed by atoms with van der Waals surface area (Å²) in [6.45, 7) is 1.49. The van der Waals surface area contributed by atoms with Gasteiger partial charge in [0.05, 0.1) is 24.8 Å². The minimum Gasteiger partial charge on any atom is -0.497 e. The normalized spacial score (nSPS) is 19.3. The Hall–Kier alpha value is -3.89. The lowest BCUT2D eigenvalue weighted by Crippen LogP contribution is -2.50. The second kappa shape index (κ2) is 13.6. The maximum absolute atomic E-state index is 13.5. The largest absolute Gasteiger partial charge is 0.497 e. The minimum atomic E-state index is -5.08. The van der Waals surface area contributed by atoms with Gasteiger partial charge in [0.1, 0.15) is 11.6 Å². The number of amides is 1. The Morgan fingerprint density at radius 2 is 1.62 bits per heavy atom. The van der Waals surface area contributed by atoms with Crippen LogP contribution in [0.5, 0.6) is 5.75 Å². The Bertz CT molecular complexity index is 1520. The number of carboxylic acid groups (broad SMARTS) is 1. The van der Waals surface area contributed by atoms with Crippen molar-refractivity contribution in [1.82, 2.24) is 20.2 Å². The molecule has 3 aromatic rings. The van der Waals surface area contributed by atoms with Crippen molar-refractivity contribution in [2.24, 2.45) is 0 Å². The molecule has 2 aliphatic heterocycles. The van der Waals surface area contributed by atoms with Gasteiger partial charge in [-0.1, -0.05) is 11.6 Å². The van der Waals surface area contributed by atoms with Crippen molar-refractivity contribution >= 4 is 40.2 Å². The predicted molar refractivity (Wildman–Crippen MR) is 150 cm³/mol. The number of piperidine rings is 1. The molecule has 0 saturated carbocycles. The monoisotopic (exact) mass is 663 g/mol. The molecule has 0 aliphatic carbocycles. The number of nitrogens with one attached hydrogen (secondary N) is 1. The molecule has 0 unspecified atom stereocenters. The molecule has 2 aliphatic rings. The highest BCUT2D eigenvalue weighted by atomic mass is 35.5. The van der Waals surface area contributed by atoms with Crippen LogP contribution in [-0.2, 0) is 11.0 Å². The van der Waals surface area contributed by atoms with E-state index in [1.54, 1.807) is 46.2 Å². The van der Waals surface area contributed by atoms with Crippen molar-refractivity contribution in [3.63, 3.8) is 0 Å². The molecular weight excluding hydrogens is 636 g/mol. The maximum Gasteiger partial charge on any atom is 0.490 e. The van der Waals surface area contributed by atoms with E-state index in [1.807, 2.05) is 0 Å². The lowest BCUT2D eigenvalue weighted by Gasteiger charge is -2.34. The first-order chi connectivity index (χ1) is 21.1. The number of aliphatic hydroxyl groups is 1. The van der Waals surface area contributed by atoms with Gasteiger partial charge in [-0.3, -0.25) is 4.79 Å². The number of hydrogen-bond donors (Lipinski definition) is 3. The summed E-state index contributed by atoms with van der Waals surface area (Å²) >= 11 is 5.91. The molecule has 45 heavy (non-hydrogen) atoms. The van der Waals surface area contributed by atoms with Gasteiger partial charge in [0.25, 0.3) is 5.91 Å². The van der Waals surface area contributed by atoms with Crippen molar-refractivity contribution in [2.75, 3.05) is 38.2 Å². The molecular formula is C28H28ClF6N5O5. The lowest BCUT2D eigenvalue weighted by molar-refractivity contribution is -0.192. The fourth-order valence-corrected chi connectivity index (χ4v) is 5.16. The van der Waals surface area contributed by atoms with Crippen LogP contribution in [0.15, 0.2) is 42.5 Å². The number of carbonyl (C=O) groups is 2. The molecule has 1 aromatic heterocycles. The van der Waals surface area contributed by atoms with Crippen LogP contribution >= 0.6 is 11.6 Å². The zero-order valence-electron chi connectivity index (χ0n) is 23.6. The summed E-state index contributed by atoms with van der Waals surface area (Å²) in [5, 5.41) is 22.4. The topological polar surface area (TPSA) is 128 Å². The number of hydrogen-bond acceptors (Lipinski definition) is 8. The number of rotatable bonds is 5. The fourth-order valence-electron chi connectivity index (χ4n) is 5.04. The molecule has 0 bridgehead atoms. The first kappa shape index (κ1) is 34.0. The zero-order valence-corrected chi connectivity index (χ0v) is 24.3. The zero-order chi connectivity index (χ0) is 33.1. The average Bonchev–Trinajstić information content (AvgIpc) is 3.35. The number of nitrogens with zero attached hydrogens (tertiary/aromatic N) is 4. The van der Waals surface area contributed by atoms with Gasteiger partial charge in [-0.15, -0.1) is 0 Å². The number of fused-ring (bicyclic) bond motifs is 1. The van der Waals surface area contributed by atoms with Gasteiger partial charge in [0.2, 0.25) is 5.82 Å². The standard InChI is InChI=1S/C26H27ClF3N5O3.C2HF3O2/c1-38-18-6-7-20-19(12-18)23(33-25(32-20)26(28,29)30)35-13-21(22(36)14-35)31-17-8-10-34(11-9-17)24(37)15-2-4-16(27)5-3-15;3-2(4,5)1(6)7/h2-7,12,17,21-22,31,36H,8-11,13-14H2,1H3;(H,6,7)/t21-,22-;/m1./s1. The van der Waals surface area contributed by atoms with E-state index in [1.165, 1.54) is 13.2 Å².